The Morgan fingerprint density at radius 3 is 2.68 bits per heavy atom. The van der Waals surface area contributed by atoms with Gasteiger partial charge in [-0.05, 0) is 19.1 Å². The van der Waals surface area contributed by atoms with Gasteiger partial charge in [-0.1, -0.05) is 54.5 Å². The van der Waals surface area contributed by atoms with Crippen LogP contribution in [0.3, 0.4) is 0 Å². The number of carboxylic acid groups (broad SMARTS) is 1. The van der Waals surface area contributed by atoms with Crippen molar-refractivity contribution in [1.82, 2.24) is 24.7 Å². The standard InChI is InChI=1S/C20H17Cl2N5O2S2/c1-9(2)30-19-15(11-4-5-12(21)13(22)8-11)25-20(31-19)27-16(18(28)29)14(10(3)26-27)17-23-6-7-24-17/h4-9H,1-3H3,(H,23,24)(H,28,29). The van der Waals surface area contributed by atoms with Crippen molar-refractivity contribution in [2.45, 2.75) is 30.2 Å². The Morgan fingerprint density at radius 1 is 1.29 bits per heavy atom. The summed E-state index contributed by atoms with van der Waals surface area (Å²) in [5, 5.41) is 16.1. The summed E-state index contributed by atoms with van der Waals surface area (Å²) >= 11 is 15.3. The molecule has 31 heavy (non-hydrogen) atoms. The van der Waals surface area contributed by atoms with Crippen LogP contribution in [0.25, 0.3) is 27.8 Å². The van der Waals surface area contributed by atoms with Crippen LogP contribution in [-0.4, -0.2) is 41.1 Å². The molecule has 3 heterocycles. The van der Waals surface area contributed by atoms with Gasteiger partial charge in [0.25, 0.3) is 0 Å². The van der Waals surface area contributed by atoms with Crippen molar-refractivity contribution in [3.05, 3.63) is 52.0 Å². The first-order chi connectivity index (χ1) is 14.8. The van der Waals surface area contributed by atoms with E-state index < -0.39 is 5.97 Å². The Kier molecular flexibility index (Phi) is 6.11. The maximum absolute atomic E-state index is 12.2. The van der Waals surface area contributed by atoms with E-state index in [1.54, 1.807) is 43.2 Å². The molecule has 7 nitrogen and oxygen atoms in total. The number of thiazole rings is 1. The number of carboxylic acids is 1. The van der Waals surface area contributed by atoms with Crippen LogP contribution in [0.2, 0.25) is 10.0 Å². The Balaban J connectivity index is 1.91. The first-order valence-electron chi connectivity index (χ1n) is 9.22. The number of aryl methyl sites for hydroxylation is 1. The fraction of sp³-hybridized carbons (Fsp3) is 0.200. The molecule has 0 unspecified atom stereocenters. The molecule has 0 bridgehead atoms. The molecule has 4 rings (SSSR count). The highest BCUT2D eigenvalue weighted by Crippen LogP contribution is 2.41. The van der Waals surface area contributed by atoms with Gasteiger partial charge in [-0.15, -0.1) is 11.8 Å². The third-order valence-electron chi connectivity index (χ3n) is 4.30. The summed E-state index contributed by atoms with van der Waals surface area (Å²) in [6, 6.07) is 5.32. The van der Waals surface area contributed by atoms with Gasteiger partial charge in [0.15, 0.2) is 5.69 Å². The number of aromatic nitrogens is 5. The van der Waals surface area contributed by atoms with Crippen molar-refractivity contribution < 1.29 is 9.90 Å². The van der Waals surface area contributed by atoms with E-state index in [9.17, 15) is 9.90 Å². The fourth-order valence-electron chi connectivity index (χ4n) is 3.05. The molecule has 0 aliphatic heterocycles. The topological polar surface area (TPSA) is 96.7 Å². The first kappa shape index (κ1) is 21.9. The van der Waals surface area contributed by atoms with Crippen molar-refractivity contribution in [1.29, 1.82) is 0 Å². The molecule has 0 fully saturated rings. The van der Waals surface area contributed by atoms with Crippen LogP contribution in [0.1, 0.15) is 30.0 Å². The molecule has 4 aromatic rings. The molecule has 1 aromatic carbocycles. The van der Waals surface area contributed by atoms with Crippen molar-refractivity contribution >= 4 is 52.3 Å². The van der Waals surface area contributed by atoms with E-state index in [0.29, 0.717) is 43.2 Å². The van der Waals surface area contributed by atoms with Crippen molar-refractivity contribution in [2.24, 2.45) is 0 Å². The molecular formula is C20H17Cl2N5O2S2. The van der Waals surface area contributed by atoms with E-state index >= 15 is 0 Å². The highest BCUT2D eigenvalue weighted by atomic mass is 35.5. The van der Waals surface area contributed by atoms with E-state index in [1.807, 2.05) is 6.07 Å². The zero-order valence-corrected chi connectivity index (χ0v) is 19.8. The first-order valence-corrected chi connectivity index (χ1v) is 11.7. The number of carbonyl (C=O) groups is 1. The molecule has 0 atom stereocenters. The Morgan fingerprint density at radius 2 is 2.06 bits per heavy atom. The van der Waals surface area contributed by atoms with Crippen LogP contribution in [0.4, 0.5) is 0 Å². The zero-order chi connectivity index (χ0) is 22.3. The third-order valence-corrected chi connectivity index (χ3v) is 7.28. The predicted molar refractivity (Wildman–Crippen MR) is 125 cm³/mol. The van der Waals surface area contributed by atoms with Crippen LogP contribution in [0, 0.1) is 6.92 Å². The SMILES string of the molecule is Cc1nn(-c2nc(-c3ccc(Cl)c(Cl)c3)c(SC(C)C)s2)c(C(=O)O)c1-c1ncc[nH]1. The Labute approximate surface area is 196 Å². The average Bonchev–Trinajstić information content (AvgIpc) is 3.41. The van der Waals surface area contributed by atoms with Crippen LogP contribution in [0.15, 0.2) is 34.8 Å². The maximum Gasteiger partial charge on any atom is 0.355 e. The van der Waals surface area contributed by atoms with Gasteiger partial charge in [-0.2, -0.15) is 9.78 Å². The van der Waals surface area contributed by atoms with Crippen molar-refractivity contribution in [2.75, 3.05) is 0 Å². The van der Waals surface area contributed by atoms with Crippen molar-refractivity contribution in [3.8, 4) is 27.8 Å². The Hall–Kier alpha value is -2.33. The lowest BCUT2D eigenvalue weighted by molar-refractivity contribution is 0.0687. The lowest BCUT2D eigenvalue weighted by atomic mass is 10.2. The second kappa shape index (κ2) is 8.66. The second-order valence-electron chi connectivity index (χ2n) is 6.89. The van der Waals surface area contributed by atoms with E-state index in [-0.39, 0.29) is 5.69 Å². The molecule has 160 valence electrons. The molecule has 0 saturated carbocycles. The number of hydrogen-bond acceptors (Lipinski definition) is 6. The smallest absolute Gasteiger partial charge is 0.355 e. The minimum Gasteiger partial charge on any atom is -0.476 e. The summed E-state index contributed by atoms with van der Waals surface area (Å²) in [5.41, 5.74) is 2.48. The van der Waals surface area contributed by atoms with E-state index in [2.05, 4.69) is 28.9 Å². The quantitative estimate of drug-likeness (QED) is 0.310. The lowest BCUT2D eigenvalue weighted by Crippen LogP contribution is -2.09. The molecule has 0 spiro atoms. The normalized spacial score (nSPS) is 11.4. The summed E-state index contributed by atoms with van der Waals surface area (Å²) in [5.74, 6) is -0.671. The molecule has 0 amide bonds. The van der Waals surface area contributed by atoms with Gasteiger partial charge in [0.2, 0.25) is 5.13 Å². The van der Waals surface area contributed by atoms with Crippen LogP contribution in [0.5, 0.6) is 0 Å². The number of hydrogen-bond donors (Lipinski definition) is 2. The number of halogens is 2. The second-order valence-corrected chi connectivity index (χ2v) is 10.5. The molecule has 0 radical (unpaired) electrons. The third kappa shape index (κ3) is 4.23. The molecule has 2 N–H and O–H groups in total. The van der Waals surface area contributed by atoms with Gasteiger partial charge in [0.1, 0.15) is 5.82 Å². The number of aromatic carboxylic acids is 1. The van der Waals surface area contributed by atoms with E-state index in [4.69, 9.17) is 28.2 Å². The summed E-state index contributed by atoms with van der Waals surface area (Å²) < 4.78 is 2.30. The van der Waals surface area contributed by atoms with Gasteiger partial charge in [-0.25, -0.2) is 14.8 Å². The van der Waals surface area contributed by atoms with E-state index in [0.717, 1.165) is 9.77 Å². The van der Waals surface area contributed by atoms with Crippen molar-refractivity contribution in [3.63, 3.8) is 0 Å². The lowest BCUT2D eigenvalue weighted by Gasteiger charge is -2.05. The predicted octanol–water partition coefficient (Wildman–Crippen LogP) is 6.20. The van der Waals surface area contributed by atoms with Crippen LogP contribution in [-0.2, 0) is 0 Å². The number of benzene rings is 1. The van der Waals surface area contributed by atoms with E-state index in [1.165, 1.54) is 16.0 Å². The van der Waals surface area contributed by atoms with Gasteiger partial charge >= 0.3 is 5.97 Å². The van der Waals surface area contributed by atoms with Gasteiger partial charge < -0.3 is 10.1 Å². The number of aromatic amines is 1. The summed E-state index contributed by atoms with van der Waals surface area (Å²) in [4.78, 5) is 24.1. The molecular weight excluding hydrogens is 477 g/mol. The number of nitrogens with zero attached hydrogens (tertiary/aromatic N) is 4. The zero-order valence-electron chi connectivity index (χ0n) is 16.7. The number of nitrogens with one attached hydrogen (secondary N) is 1. The molecule has 0 aliphatic carbocycles. The molecule has 0 saturated heterocycles. The summed E-state index contributed by atoms with van der Waals surface area (Å²) in [6.45, 7) is 5.91. The summed E-state index contributed by atoms with van der Waals surface area (Å²) in [6.07, 6.45) is 3.21. The largest absolute Gasteiger partial charge is 0.476 e. The number of H-pyrrole nitrogens is 1. The van der Waals surface area contributed by atoms with Crippen LogP contribution >= 0.6 is 46.3 Å². The molecule has 3 aromatic heterocycles. The van der Waals surface area contributed by atoms with Crippen LogP contribution < -0.4 is 0 Å². The average molecular weight is 494 g/mol. The molecule has 11 heteroatoms. The highest BCUT2D eigenvalue weighted by Gasteiger charge is 2.27. The fourth-order valence-corrected chi connectivity index (χ4v) is 5.83. The molecule has 0 aliphatic rings. The maximum atomic E-state index is 12.2. The monoisotopic (exact) mass is 493 g/mol. The number of imidazole rings is 1. The Bertz CT molecular complexity index is 1270. The minimum absolute atomic E-state index is 0.00276. The summed E-state index contributed by atoms with van der Waals surface area (Å²) in [7, 11) is 0. The highest BCUT2D eigenvalue weighted by molar-refractivity contribution is 8.01. The van der Waals surface area contributed by atoms with Gasteiger partial charge in [-0.3, -0.25) is 0 Å². The number of rotatable bonds is 6. The van der Waals surface area contributed by atoms with Gasteiger partial charge in [0, 0.05) is 23.2 Å². The number of thioether (sulfide) groups is 1. The van der Waals surface area contributed by atoms with Gasteiger partial charge in [0.05, 0.1) is 31.2 Å². The minimum atomic E-state index is -1.11.